The van der Waals surface area contributed by atoms with Gasteiger partial charge < -0.3 is 11.1 Å². The number of anilines is 1. The molecule has 1 aromatic carbocycles. The van der Waals surface area contributed by atoms with Crippen molar-refractivity contribution in [3.8, 4) is 0 Å². The van der Waals surface area contributed by atoms with Crippen molar-refractivity contribution < 1.29 is 0 Å². The smallest absolute Gasteiger partial charge is 0.0314 e. The van der Waals surface area contributed by atoms with Gasteiger partial charge in [-0.1, -0.05) is 26.0 Å². The van der Waals surface area contributed by atoms with Gasteiger partial charge in [0.25, 0.3) is 0 Å². The Hall–Kier alpha value is -1.02. The SMILES string of the molecule is CC(C)NCC1(c2ccc(N)cc2)CC1. The molecule has 1 aromatic rings. The van der Waals surface area contributed by atoms with E-state index >= 15 is 0 Å². The number of hydrogen-bond donors (Lipinski definition) is 2. The van der Waals surface area contributed by atoms with Gasteiger partial charge in [0.05, 0.1) is 0 Å². The highest BCUT2D eigenvalue weighted by Gasteiger charge is 2.43. The van der Waals surface area contributed by atoms with Crippen LogP contribution in [0.5, 0.6) is 0 Å². The Morgan fingerprint density at radius 2 is 1.87 bits per heavy atom. The van der Waals surface area contributed by atoms with E-state index in [0.29, 0.717) is 11.5 Å². The van der Waals surface area contributed by atoms with E-state index in [1.807, 2.05) is 12.1 Å². The number of nitrogens with two attached hydrogens (primary N) is 1. The van der Waals surface area contributed by atoms with Crippen molar-refractivity contribution in [3.05, 3.63) is 29.8 Å². The fourth-order valence-electron chi connectivity index (χ4n) is 1.95. The van der Waals surface area contributed by atoms with Crippen LogP contribution < -0.4 is 11.1 Å². The van der Waals surface area contributed by atoms with Crippen LogP contribution in [0, 0.1) is 0 Å². The van der Waals surface area contributed by atoms with Gasteiger partial charge in [-0.3, -0.25) is 0 Å². The monoisotopic (exact) mass is 204 g/mol. The molecule has 0 atom stereocenters. The fourth-order valence-corrected chi connectivity index (χ4v) is 1.95. The molecular weight excluding hydrogens is 184 g/mol. The average molecular weight is 204 g/mol. The molecule has 0 heterocycles. The third-order valence-corrected chi connectivity index (χ3v) is 3.23. The second-order valence-corrected chi connectivity index (χ2v) is 4.94. The summed E-state index contributed by atoms with van der Waals surface area (Å²) in [6.07, 6.45) is 2.60. The quantitative estimate of drug-likeness (QED) is 0.739. The van der Waals surface area contributed by atoms with E-state index in [4.69, 9.17) is 5.73 Å². The van der Waals surface area contributed by atoms with Gasteiger partial charge in [-0.15, -0.1) is 0 Å². The summed E-state index contributed by atoms with van der Waals surface area (Å²) in [5, 5.41) is 3.53. The van der Waals surface area contributed by atoms with Crippen LogP contribution in [0.2, 0.25) is 0 Å². The molecule has 15 heavy (non-hydrogen) atoms. The molecule has 0 aromatic heterocycles. The Balaban J connectivity index is 2.06. The maximum absolute atomic E-state index is 5.70. The molecule has 1 fully saturated rings. The summed E-state index contributed by atoms with van der Waals surface area (Å²) >= 11 is 0. The number of nitrogen functional groups attached to an aromatic ring is 1. The van der Waals surface area contributed by atoms with Gasteiger partial charge in [0, 0.05) is 23.7 Å². The van der Waals surface area contributed by atoms with Crippen molar-refractivity contribution in [3.63, 3.8) is 0 Å². The average Bonchev–Trinajstić information content (AvgIpc) is 2.97. The van der Waals surface area contributed by atoms with Gasteiger partial charge >= 0.3 is 0 Å². The molecule has 0 radical (unpaired) electrons. The number of nitrogens with one attached hydrogen (secondary N) is 1. The summed E-state index contributed by atoms with van der Waals surface area (Å²) in [5.74, 6) is 0. The number of hydrogen-bond acceptors (Lipinski definition) is 2. The third kappa shape index (κ3) is 2.32. The summed E-state index contributed by atoms with van der Waals surface area (Å²) in [4.78, 5) is 0. The Bertz CT molecular complexity index is 323. The molecule has 2 nitrogen and oxygen atoms in total. The summed E-state index contributed by atoms with van der Waals surface area (Å²) in [6.45, 7) is 5.48. The Labute approximate surface area is 91.9 Å². The predicted octanol–water partition coefficient (Wildman–Crippen LogP) is 2.30. The van der Waals surface area contributed by atoms with E-state index in [-0.39, 0.29) is 0 Å². The summed E-state index contributed by atoms with van der Waals surface area (Å²) in [5.41, 5.74) is 8.39. The Morgan fingerprint density at radius 3 is 2.33 bits per heavy atom. The van der Waals surface area contributed by atoms with E-state index in [2.05, 4.69) is 31.3 Å². The highest BCUT2D eigenvalue weighted by Crippen LogP contribution is 2.47. The number of benzene rings is 1. The van der Waals surface area contributed by atoms with Gasteiger partial charge in [-0.25, -0.2) is 0 Å². The minimum absolute atomic E-state index is 0.401. The van der Waals surface area contributed by atoms with Crippen LogP contribution in [0.25, 0.3) is 0 Å². The van der Waals surface area contributed by atoms with Crippen LogP contribution >= 0.6 is 0 Å². The highest BCUT2D eigenvalue weighted by molar-refractivity contribution is 5.43. The first-order valence-electron chi connectivity index (χ1n) is 5.72. The second-order valence-electron chi connectivity index (χ2n) is 4.94. The zero-order chi connectivity index (χ0) is 10.9. The largest absolute Gasteiger partial charge is 0.399 e. The topological polar surface area (TPSA) is 38.0 Å². The van der Waals surface area contributed by atoms with Gasteiger partial charge in [0.15, 0.2) is 0 Å². The minimum Gasteiger partial charge on any atom is -0.399 e. The molecule has 2 heteroatoms. The first-order valence-corrected chi connectivity index (χ1v) is 5.72. The molecule has 0 spiro atoms. The first kappa shape index (κ1) is 10.5. The number of rotatable bonds is 4. The third-order valence-electron chi connectivity index (χ3n) is 3.23. The van der Waals surface area contributed by atoms with Crippen LogP contribution in [-0.4, -0.2) is 12.6 Å². The molecule has 0 bridgehead atoms. The van der Waals surface area contributed by atoms with Crippen LogP contribution in [0.1, 0.15) is 32.3 Å². The second kappa shape index (κ2) is 3.86. The molecule has 0 aliphatic heterocycles. The lowest BCUT2D eigenvalue weighted by Gasteiger charge is -2.18. The van der Waals surface area contributed by atoms with Gasteiger partial charge in [0.1, 0.15) is 0 Å². The van der Waals surface area contributed by atoms with Crippen LogP contribution in [-0.2, 0) is 5.41 Å². The van der Waals surface area contributed by atoms with Crippen molar-refractivity contribution in [2.75, 3.05) is 12.3 Å². The van der Waals surface area contributed by atoms with E-state index in [9.17, 15) is 0 Å². The summed E-state index contributed by atoms with van der Waals surface area (Å²) < 4.78 is 0. The summed E-state index contributed by atoms with van der Waals surface area (Å²) in [7, 11) is 0. The van der Waals surface area contributed by atoms with Gasteiger partial charge in [-0.05, 0) is 30.5 Å². The molecule has 2 rings (SSSR count). The zero-order valence-corrected chi connectivity index (χ0v) is 9.59. The van der Waals surface area contributed by atoms with Crippen molar-refractivity contribution in [1.29, 1.82) is 0 Å². The summed E-state index contributed by atoms with van der Waals surface area (Å²) in [6, 6.07) is 8.92. The van der Waals surface area contributed by atoms with Crippen LogP contribution in [0.3, 0.4) is 0 Å². The molecule has 1 saturated carbocycles. The standard InChI is InChI=1S/C13H20N2/c1-10(2)15-9-13(7-8-13)11-3-5-12(14)6-4-11/h3-6,10,15H,7-9,14H2,1-2H3. The Kier molecular flexibility index (Phi) is 2.70. The van der Waals surface area contributed by atoms with E-state index in [1.165, 1.54) is 18.4 Å². The lowest BCUT2D eigenvalue weighted by Crippen LogP contribution is -2.31. The molecule has 3 N–H and O–H groups in total. The lowest BCUT2D eigenvalue weighted by atomic mass is 9.95. The Morgan fingerprint density at radius 1 is 1.27 bits per heavy atom. The highest BCUT2D eigenvalue weighted by atomic mass is 14.9. The van der Waals surface area contributed by atoms with E-state index in [0.717, 1.165) is 12.2 Å². The minimum atomic E-state index is 0.401. The molecular formula is C13H20N2. The predicted molar refractivity (Wildman–Crippen MR) is 64.9 cm³/mol. The first-order chi connectivity index (χ1) is 7.12. The maximum Gasteiger partial charge on any atom is 0.0314 e. The maximum atomic E-state index is 5.70. The molecule has 0 unspecified atom stereocenters. The van der Waals surface area contributed by atoms with Crippen molar-refractivity contribution in [2.45, 2.75) is 38.1 Å². The molecule has 82 valence electrons. The van der Waals surface area contributed by atoms with Crippen molar-refractivity contribution >= 4 is 5.69 Å². The van der Waals surface area contributed by atoms with Gasteiger partial charge in [-0.2, -0.15) is 0 Å². The van der Waals surface area contributed by atoms with Crippen LogP contribution in [0.4, 0.5) is 5.69 Å². The van der Waals surface area contributed by atoms with Crippen molar-refractivity contribution in [2.24, 2.45) is 0 Å². The fraction of sp³-hybridized carbons (Fsp3) is 0.538. The van der Waals surface area contributed by atoms with Crippen molar-refractivity contribution in [1.82, 2.24) is 5.32 Å². The van der Waals surface area contributed by atoms with Crippen LogP contribution in [0.15, 0.2) is 24.3 Å². The molecule has 1 aliphatic carbocycles. The molecule has 0 saturated heterocycles. The normalized spacial score (nSPS) is 18.1. The molecule has 0 amide bonds. The molecule has 1 aliphatic rings. The zero-order valence-electron chi connectivity index (χ0n) is 9.59. The van der Waals surface area contributed by atoms with Gasteiger partial charge in [0.2, 0.25) is 0 Å². The van der Waals surface area contributed by atoms with E-state index < -0.39 is 0 Å². The van der Waals surface area contributed by atoms with E-state index in [1.54, 1.807) is 0 Å². The lowest BCUT2D eigenvalue weighted by molar-refractivity contribution is 0.520.